The number of ether oxygens (including phenoxy) is 1. The first-order valence-electron chi connectivity index (χ1n) is 13.5. The van der Waals surface area contributed by atoms with Gasteiger partial charge >= 0.3 is 6.09 Å². The van der Waals surface area contributed by atoms with Crippen LogP contribution in [0.2, 0.25) is 0 Å². The van der Waals surface area contributed by atoms with Gasteiger partial charge in [0.25, 0.3) is 0 Å². The molecule has 2 fully saturated rings. The van der Waals surface area contributed by atoms with Crippen molar-refractivity contribution in [2.24, 2.45) is 5.92 Å². The van der Waals surface area contributed by atoms with Crippen LogP contribution in [0.15, 0.2) is 48.9 Å². The van der Waals surface area contributed by atoms with E-state index in [2.05, 4.69) is 21.4 Å². The molecule has 3 heterocycles. The largest absolute Gasteiger partial charge is 0.444 e. The lowest BCUT2D eigenvalue weighted by atomic mass is 9.83. The molecule has 37 heavy (non-hydrogen) atoms. The molecule has 0 bridgehead atoms. The Morgan fingerprint density at radius 1 is 1.03 bits per heavy atom. The normalized spacial score (nSPS) is 19.6. The maximum Gasteiger partial charge on any atom is 0.408 e. The van der Waals surface area contributed by atoms with Gasteiger partial charge in [-0.15, -0.1) is 0 Å². The van der Waals surface area contributed by atoms with E-state index in [0.717, 1.165) is 60.9 Å². The molecule has 1 aliphatic carbocycles. The summed E-state index contributed by atoms with van der Waals surface area (Å²) in [6, 6.07) is 11.4. The minimum absolute atomic E-state index is 0.00768. The number of amides is 2. The highest BCUT2D eigenvalue weighted by Crippen LogP contribution is 2.35. The van der Waals surface area contributed by atoms with Gasteiger partial charge in [0.05, 0.1) is 17.1 Å². The molecule has 8 nitrogen and oxygen atoms in total. The molecule has 1 saturated heterocycles. The smallest absolute Gasteiger partial charge is 0.408 e. The quantitative estimate of drug-likeness (QED) is 0.493. The molecule has 8 heteroatoms. The predicted octanol–water partition coefficient (Wildman–Crippen LogP) is 5.56. The number of hydrogen-bond donors (Lipinski definition) is 1. The van der Waals surface area contributed by atoms with Crippen LogP contribution in [0.4, 0.5) is 4.79 Å². The number of para-hydroxylation sites is 2. The number of likely N-dealkylation sites (tertiary alicyclic amines) is 1. The van der Waals surface area contributed by atoms with E-state index >= 15 is 0 Å². The SMILES string of the molecule is CC(C)(C)OC(=O)N[C@H](C(=O)N1CCCC1c1ccnc(-n2cnc3ccccc32)c1)C1CCCCC1. The molecule has 2 atom stereocenters. The van der Waals surface area contributed by atoms with Crippen molar-refractivity contribution >= 4 is 23.0 Å². The van der Waals surface area contributed by atoms with Gasteiger partial charge < -0.3 is 15.0 Å². The monoisotopic (exact) mass is 503 g/mol. The summed E-state index contributed by atoms with van der Waals surface area (Å²) >= 11 is 0. The van der Waals surface area contributed by atoms with E-state index in [4.69, 9.17) is 4.74 Å². The fourth-order valence-corrected chi connectivity index (χ4v) is 5.75. The van der Waals surface area contributed by atoms with Gasteiger partial charge in [-0.25, -0.2) is 14.8 Å². The van der Waals surface area contributed by atoms with Crippen molar-refractivity contribution in [1.29, 1.82) is 0 Å². The number of carbonyl (C=O) groups excluding carboxylic acids is 2. The van der Waals surface area contributed by atoms with Crippen molar-refractivity contribution in [1.82, 2.24) is 24.8 Å². The maximum atomic E-state index is 14.0. The Morgan fingerprint density at radius 3 is 2.59 bits per heavy atom. The van der Waals surface area contributed by atoms with Crippen LogP contribution in [0.25, 0.3) is 16.9 Å². The number of nitrogens with zero attached hydrogens (tertiary/aromatic N) is 4. The molecule has 0 spiro atoms. The molecule has 196 valence electrons. The molecule has 2 aromatic heterocycles. The summed E-state index contributed by atoms with van der Waals surface area (Å²) in [7, 11) is 0. The molecule has 1 saturated carbocycles. The second-order valence-electron chi connectivity index (χ2n) is 11.3. The van der Waals surface area contributed by atoms with Gasteiger partial charge in [-0.3, -0.25) is 9.36 Å². The Morgan fingerprint density at radius 2 is 1.81 bits per heavy atom. The summed E-state index contributed by atoms with van der Waals surface area (Å²) < 4.78 is 7.52. The van der Waals surface area contributed by atoms with Gasteiger partial charge in [-0.1, -0.05) is 31.4 Å². The highest BCUT2D eigenvalue weighted by Gasteiger charge is 2.39. The van der Waals surface area contributed by atoms with Crippen LogP contribution in [0.1, 0.15) is 77.3 Å². The molecule has 3 aromatic rings. The molecule has 0 radical (unpaired) electrons. The number of fused-ring (bicyclic) bond motifs is 1. The summed E-state index contributed by atoms with van der Waals surface area (Å²) in [6.07, 6.45) is 10.1. The number of benzene rings is 1. The molecular weight excluding hydrogens is 466 g/mol. The summed E-state index contributed by atoms with van der Waals surface area (Å²) in [6.45, 7) is 6.19. The van der Waals surface area contributed by atoms with Crippen LogP contribution in [0, 0.1) is 5.92 Å². The van der Waals surface area contributed by atoms with Crippen LogP contribution in [0.3, 0.4) is 0 Å². The van der Waals surface area contributed by atoms with Gasteiger partial charge in [0, 0.05) is 12.7 Å². The Balaban J connectivity index is 1.40. The highest BCUT2D eigenvalue weighted by atomic mass is 16.6. The molecule has 2 aliphatic rings. The molecule has 1 N–H and O–H groups in total. The number of nitrogens with one attached hydrogen (secondary N) is 1. The van der Waals surface area contributed by atoms with E-state index < -0.39 is 17.7 Å². The van der Waals surface area contributed by atoms with Crippen molar-refractivity contribution in [3.05, 3.63) is 54.5 Å². The zero-order chi connectivity index (χ0) is 26.0. The first kappa shape index (κ1) is 25.2. The van der Waals surface area contributed by atoms with E-state index in [9.17, 15) is 9.59 Å². The van der Waals surface area contributed by atoms with Gasteiger partial charge in [0.2, 0.25) is 5.91 Å². The molecule has 1 aromatic carbocycles. The van der Waals surface area contributed by atoms with Crippen molar-refractivity contribution in [3.8, 4) is 5.82 Å². The number of imidazole rings is 1. The fraction of sp³-hybridized carbons (Fsp3) is 0.517. The van der Waals surface area contributed by atoms with Crippen molar-refractivity contribution in [2.75, 3.05) is 6.54 Å². The lowest BCUT2D eigenvalue weighted by Crippen LogP contribution is -2.53. The second kappa shape index (κ2) is 10.5. The van der Waals surface area contributed by atoms with Crippen molar-refractivity contribution < 1.29 is 14.3 Å². The van der Waals surface area contributed by atoms with Crippen LogP contribution in [-0.2, 0) is 9.53 Å². The van der Waals surface area contributed by atoms with E-state index in [1.807, 2.05) is 60.6 Å². The third kappa shape index (κ3) is 5.63. The minimum atomic E-state index is -0.620. The Labute approximate surface area is 218 Å². The van der Waals surface area contributed by atoms with E-state index in [0.29, 0.717) is 6.54 Å². The van der Waals surface area contributed by atoms with Crippen molar-refractivity contribution in [3.63, 3.8) is 0 Å². The van der Waals surface area contributed by atoms with Crippen LogP contribution < -0.4 is 5.32 Å². The predicted molar refractivity (Wildman–Crippen MR) is 142 cm³/mol. The summed E-state index contributed by atoms with van der Waals surface area (Å²) in [5, 5.41) is 2.97. The van der Waals surface area contributed by atoms with Crippen molar-refractivity contribution in [2.45, 2.75) is 83.4 Å². The molecule has 1 unspecified atom stereocenters. The first-order chi connectivity index (χ1) is 17.8. The summed E-state index contributed by atoms with van der Waals surface area (Å²) in [5.41, 5.74) is 2.33. The topological polar surface area (TPSA) is 89.4 Å². The Hall–Kier alpha value is -3.42. The third-order valence-electron chi connectivity index (χ3n) is 7.45. The van der Waals surface area contributed by atoms with E-state index in [-0.39, 0.29) is 17.9 Å². The third-order valence-corrected chi connectivity index (χ3v) is 7.45. The van der Waals surface area contributed by atoms with Gasteiger partial charge in [-0.05, 0) is 82.2 Å². The molecule has 5 rings (SSSR count). The maximum absolute atomic E-state index is 14.0. The van der Waals surface area contributed by atoms with Crippen LogP contribution in [-0.4, -0.2) is 49.6 Å². The number of hydrogen-bond acceptors (Lipinski definition) is 5. The number of aromatic nitrogens is 3. The van der Waals surface area contributed by atoms with E-state index in [1.54, 1.807) is 12.5 Å². The van der Waals surface area contributed by atoms with Gasteiger partial charge in [-0.2, -0.15) is 0 Å². The second-order valence-corrected chi connectivity index (χ2v) is 11.3. The average Bonchev–Trinajstić information content (AvgIpc) is 3.54. The number of pyridine rings is 1. The summed E-state index contributed by atoms with van der Waals surface area (Å²) in [4.78, 5) is 37.8. The zero-order valence-corrected chi connectivity index (χ0v) is 22.0. The van der Waals surface area contributed by atoms with Gasteiger partial charge in [0.1, 0.15) is 23.8 Å². The lowest BCUT2D eigenvalue weighted by Gasteiger charge is -2.35. The highest BCUT2D eigenvalue weighted by molar-refractivity contribution is 5.86. The molecular formula is C29H37N5O3. The minimum Gasteiger partial charge on any atom is -0.444 e. The first-order valence-corrected chi connectivity index (χ1v) is 13.5. The van der Waals surface area contributed by atoms with Crippen LogP contribution in [0.5, 0.6) is 0 Å². The Bertz CT molecular complexity index is 1260. The summed E-state index contributed by atoms with van der Waals surface area (Å²) in [5.74, 6) is 0.897. The standard InChI is InChI=1S/C29H37N5O3/c1-29(2,3)37-28(36)32-26(20-10-5-4-6-11-20)27(35)33-17-9-14-23(33)21-15-16-30-25(18-21)34-19-31-22-12-7-8-13-24(22)34/h7-8,12-13,15-16,18-20,23,26H,4-6,9-11,14,17H2,1-3H3,(H,32,36)/t23?,26-/m0/s1. The van der Waals surface area contributed by atoms with E-state index in [1.165, 1.54) is 6.42 Å². The molecule has 2 amide bonds. The molecule has 1 aliphatic heterocycles. The number of alkyl carbamates (subject to hydrolysis) is 1. The number of rotatable bonds is 5. The average molecular weight is 504 g/mol. The zero-order valence-electron chi connectivity index (χ0n) is 22.0. The van der Waals surface area contributed by atoms with Crippen LogP contribution >= 0.6 is 0 Å². The Kier molecular flexibility index (Phi) is 7.17. The van der Waals surface area contributed by atoms with Gasteiger partial charge in [0.15, 0.2) is 0 Å². The fourth-order valence-electron chi connectivity index (χ4n) is 5.75. The number of carbonyl (C=O) groups is 2. The lowest BCUT2D eigenvalue weighted by molar-refractivity contribution is -0.136.